The summed E-state index contributed by atoms with van der Waals surface area (Å²) in [7, 11) is 2.97. The lowest BCUT2D eigenvalue weighted by atomic mass is 9.96. The Morgan fingerprint density at radius 2 is 2.06 bits per heavy atom. The molecule has 3 nitrogen and oxygen atoms in total. The molecule has 0 heterocycles. The zero-order chi connectivity index (χ0) is 11.8. The van der Waals surface area contributed by atoms with Crippen molar-refractivity contribution in [1.82, 2.24) is 0 Å². The molecule has 0 radical (unpaired) electrons. The van der Waals surface area contributed by atoms with Gasteiger partial charge in [0.25, 0.3) is 0 Å². The molecule has 1 fully saturated rings. The average Bonchev–Trinajstić information content (AvgIpc) is 3.09. The van der Waals surface area contributed by atoms with Crippen LogP contribution in [0.5, 0.6) is 5.75 Å². The molecule has 0 aromatic heterocycles. The first kappa shape index (κ1) is 11.3. The molecule has 0 saturated heterocycles. The van der Waals surface area contributed by atoms with E-state index in [1.807, 2.05) is 6.07 Å². The number of carbonyl (C=O) groups is 1. The van der Waals surface area contributed by atoms with Crippen LogP contribution in [-0.4, -0.2) is 20.2 Å². The van der Waals surface area contributed by atoms with E-state index in [4.69, 9.17) is 21.1 Å². The minimum Gasteiger partial charge on any atom is -0.495 e. The van der Waals surface area contributed by atoms with Gasteiger partial charge in [-0.05, 0) is 30.5 Å². The zero-order valence-corrected chi connectivity index (χ0v) is 10.0. The van der Waals surface area contributed by atoms with E-state index in [9.17, 15) is 4.79 Å². The summed E-state index contributed by atoms with van der Waals surface area (Å²) in [5, 5.41) is 0.523. The van der Waals surface area contributed by atoms with Crippen molar-refractivity contribution in [3.05, 3.63) is 28.8 Å². The Balaban J connectivity index is 2.35. The normalized spacial score (nSPS) is 16.7. The fraction of sp³-hybridized carbons (Fsp3) is 0.417. The third-order valence-electron chi connectivity index (χ3n) is 3.03. The van der Waals surface area contributed by atoms with E-state index in [0.29, 0.717) is 10.8 Å². The smallest absolute Gasteiger partial charge is 0.316 e. The highest BCUT2D eigenvalue weighted by Gasteiger charge is 2.52. The van der Waals surface area contributed by atoms with Crippen molar-refractivity contribution < 1.29 is 14.3 Å². The maximum absolute atomic E-state index is 11.7. The predicted molar refractivity (Wildman–Crippen MR) is 60.9 cm³/mol. The summed E-state index contributed by atoms with van der Waals surface area (Å²) in [6, 6.07) is 5.43. The van der Waals surface area contributed by atoms with Gasteiger partial charge < -0.3 is 9.47 Å². The van der Waals surface area contributed by atoms with Crippen molar-refractivity contribution in [2.45, 2.75) is 18.3 Å². The van der Waals surface area contributed by atoms with Crippen LogP contribution in [0.3, 0.4) is 0 Å². The van der Waals surface area contributed by atoms with Crippen molar-refractivity contribution in [1.29, 1.82) is 0 Å². The molecule has 0 amide bonds. The maximum Gasteiger partial charge on any atom is 0.316 e. The minimum absolute atomic E-state index is 0.186. The molecule has 0 aliphatic heterocycles. The highest BCUT2D eigenvalue weighted by atomic mass is 35.5. The molecule has 0 spiro atoms. The summed E-state index contributed by atoms with van der Waals surface area (Å²) in [6.45, 7) is 0. The Bertz CT molecular complexity index is 424. The van der Waals surface area contributed by atoms with E-state index in [0.717, 1.165) is 18.4 Å². The van der Waals surface area contributed by atoms with Gasteiger partial charge in [-0.15, -0.1) is 0 Å². The monoisotopic (exact) mass is 240 g/mol. The van der Waals surface area contributed by atoms with Gasteiger partial charge in [-0.2, -0.15) is 0 Å². The summed E-state index contributed by atoms with van der Waals surface area (Å²) >= 11 is 6.03. The summed E-state index contributed by atoms with van der Waals surface area (Å²) in [6.07, 6.45) is 1.64. The second-order valence-corrected chi connectivity index (χ2v) is 4.33. The first-order chi connectivity index (χ1) is 7.64. The van der Waals surface area contributed by atoms with Crippen LogP contribution in [0.4, 0.5) is 0 Å². The SMILES string of the molecule is COC(=O)C1(c2ccc(OC)c(Cl)c2)CC1. The van der Waals surface area contributed by atoms with Gasteiger partial charge in [-0.3, -0.25) is 4.79 Å². The highest BCUT2D eigenvalue weighted by molar-refractivity contribution is 6.32. The lowest BCUT2D eigenvalue weighted by molar-refractivity contribution is -0.143. The molecule has 2 rings (SSSR count). The van der Waals surface area contributed by atoms with Crippen LogP contribution in [0.1, 0.15) is 18.4 Å². The molecule has 1 aliphatic carbocycles. The van der Waals surface area contributed by atoms with Crippen molar-refractivity contribution >= 4 is 17.6 Å². The number of rotatable bonds is 3. The predicted octanol–water partition coefficient (Wildman–Crippen LogP) is 2.55. The Morgan fingerprint density at radius 3 is 2.50 bits per heavy atom. The van der Waals surface area contributed by atoms with Gasteiger partial charge >= 0.3 is 5.97 Å². The largest absolute Gasteiger partial charge is 0.495 e. The van der Waals surface area contributed by atoms with Crippen molar-refractivity contribution in [3.63, 3.8) is 0 Å². The third kappa shape index (κ3) is 1.65. The van der Waals surface area contributed by atoms with Crippen LogP contribution in [-0.2, 0) is 14.9 Å². The standard InChI is InChI=1S/C12H13ClO3/c1-15-10-4-3-8(7-9(10)13)12(5-6-12)11(14)16-2/h3-4,7H,5-6H2,1-2H3. The molecule has 1 aliphatic rings. The number of hydrogen-bond donors (Lipinski definition) is 0. The maximum atomic E-state index is 11.7. The lowest BCUT2D eigenvalue weighted by Gasteiger charge is -2.14. The van der Waals surface area contributed by atoms with Gasteiger partial charge in [0, 0.05) is 0 Å². The molecule has 0 unspecified atom stereocenters. The molecule has 1 aromatic carbocycles. The number of carbonyl (C=O) groups excluding carboxylic acids is 1. The molecular formula is C12H13ClO3. The van der Waals surface area contributed by atoms with Crippen LogP contribution in [0.25, 0.3) is 0 Å². The van der Waals surface area contributed by atoms with Gasteiger partial charge in [0.05, 0.1) is 24.7 Å². The van der Waals surface area contributed by atoms with E-state index in [2.05, 4.69) is 0 Å². The van der Waals surface area contributed by atoms with Gasteiger partial charge in [-0.25, -0.2) is 0 Å². The molecule has 4 heteroatoms. The van der Waals surface area contributed by atoms with Gasteiger partial charge in [0.2, 0.25) is 0 Å². The van der Waals surface area contributed by atoms with Crippen LogP contribution >= 0.6 is 11.6 Å². The van der Waals surface area contributed by atoms with Crippen molar-refractivity contribution in [3.8, 4) is 5.75 Å². The Kier molecular flexibility index (Phi) is 2.80. The Morgan fingerprint density at radius 1 is 1.38 bits per heavy atom. The van der Waals surface area contributed by atoms with E-state index >= 15 is 0 Å². The van der Waals surface area contributed by atoms with Crippen LogP contribution < -0.4 is 4.74 Å². The molecule has 16 heavy (non-hydrogen) atoms. The quantitative estimate of drug-likeness (QED) is 0.762. The summed E-state index contributed by atoms with van der Waals surface area (Å²) in [5.74, 6) is 0.430. The fourth-order valence-electron chi connectivity index (χ4n) is 1.90. The minimum atomic E-state index is -0.468. The van der Waals surface area contributed by atoms with Gasteiger partial charge in [-0.1, -0.05) is 17.7 Å². The molecule has 1 saturated carbocycles. The summed E-state index contributed by atoms with van der Waals surface area (Å²) in [5.41, 5.74) is 0.440. The average molecular weight is 241 g/mol. The zero-order valence-electron chi connectivity index (χ0n) is 9.25. The molecule has 0 bridgehead atoms. The summed E-state index contributed by atoms with van der Waals surface area (Å²) in [4.78, 5) is 11.7. The number of benzene rings is 1. The van der Waals surface area contributed by atoms with Crippen LogP contribution in [0.15, 0.2) is 18.2 Å². The van der Waals surface area contributed by atoms with E-state index < -0.39 is 5.41 Å². The van der Waals surface area contributed by atoms with Crippen LogP contribution in [0, 0.1) is 0 Å². The fourth-order valence-corrected chi connectivity index (χ4v) is 2.15. The molecule has 0 atom stereocenters. The number of hydrogen-bond acceptors (Lipinski definition) is 3. The van der Waals surface area contributed by atoms with Gasteiger partial charge in [0.1, 0.15) is 5.75 Å². The number of ether oxygens (including phenoxy) is 2. The Hall–Kier alpha value is -1.22. The number of halogens is 1. The van der Waals surface area contributed by atoms with Gasteiger partial charge in [0.15, 0.2) is 0 Å². The molecule has 0 N–H and O–H groups in total. The summed E-state index contributed by atoms with van der Waals surface area (Å²) < 4.78 is 9.89. The van der Waals surface area contributed by atoms with E-state index in [-0.39, 0.29) is 5.97 Å². The van der Waals surface area contributed by atoms with Crippen molar-refractivity contribution in [2.24, 2.45) is 0 Å². The lowest BCUT2D eigenvalue weighted by Crippen LogP contribution is -2.21. The van der Waals surface area contributed by atoms with Crippen LogP contribution in [0.2, 0.25) is 5.02 Å². The van der Waals surface area contributed by atoms with E-state index in [1.54, 1.807) is 19.2 Å². The second-order valence-electron chi connectivity index (χ2n) is 3.92. The number of methoxy groups -OCH3 is 2. The third-order valence-corrected chi connectivity index (χ3v) is 3.33. The highest BCUT2D eigenvalue weighted by Crippen LogP contribution is 2.50. The topological polar surface area (TPSA) is 35.5 Å². The molecule has 86 valence electrons. The molecule has 1 aromatic rings. The molecular weight excluding hydrogens is 228 g/mol. The second kappa shape index (κ2) is 3.98. The Labute approximate surface area is 99.3 Å². The first-order valence-corrected chi connectivity index (χ1v) is 5.44. The van der Waals surface area contributed by atoms with E-state index in [1.165, 1.54) is 7.11 Å². The van der Waals surface area contributed by atoms with Crippen molar-refractivity contribution in [2.75, 3.05) is 14.2 Å². The first-order valence-electron chi connectivity index (χ1n) is 5.06. The number of esters is 1.